The minimum atomic E-state index is -0.380. The van der Waals surface area contributed by atoms with Crippen LogP contribution in [0.15, 0.2) is 41.6 Å². The number of aryl methyl sites for hydroxylation is 1. The minimum absolute atomic E-state index is 0.0338. The lowest BCUT2D eigenvalue weighted by atomic mass is 9.91. The number of nitrogens with one attached hydrogen (secondary N) is 1. The van der Waals surface area contributed by atoms with Crippen LogP contribution in [0.3, 0.4) is 0 Å². The molecule has 0 unspecified atom stereocenters. The van der Waals surface area contributed by atoms with E-state index in [0.29, 0.717) is 36.5 Å². The first-order chi connectivity index (χ1) is 15.9. The molecule has 2 N–H and O–H groups in total. The molecular formula is C25H29N3O5. The van der Waals surface area contributed by atoms with Gasteiger partial charge in [-0.05, 0) is 48.2 Å². The lowest BCUT2D eigenvalue weighted by molar-refractivity contribution is -0.00345. The third-order valence-electron chi connectivity index (χ3n) is 6.34. The Morgan fingerprint density at radius 3 is 2.67 bits per heavy atom. The van der Waals surface area contributed by atoms with Crippen molar-refractivity contribution < 1.29 is 24.3 Å². The Labute approximate surface area is 193 Å². The van der Waals surface area contributed by atoms with Crippen molar-refractivity contribution in [3.63, 3.8) is 0 Å². The van der Waals surface area contributed by atoms with Crippen LogP contribution in [-0.4, -0.2) is 73.1 Å². The Morgan fingerprint density at radius 2 is 2.00 bits per heavy atom. The molecule has 0 aliphatic carbocycles. The van der Waals surface area contributed by atoms with E-state index < -0.39 is 0 Å². The molecule has 2 aromatic carbocycles. The van der Waals surface area contributed by atoms with Gasteiger partial charge in [-0.25, -0.2) is 0 Å². The molecule has 2 aliphatic rings. The molecule has 2 fully saturated rings. The standard InChI is InChI=1S/C25H29N3O5/c1-15-5-4-6-21(16(15)2)22-8-7-17(9-23(22)24(30)26-19-13-33-14-19)25(31)28-11-18(27-32-3)10-20(28)12-29/h4-9,19-20,29H,10-14H2,1-3H3,(H,26,30)/b27-18+/t20-/m0/s1. The fourth-order valence-electron chi connectivity index (χ4n) is 4.26. The van der Waals surface area contributed by atoms with Gasteiger partial charge in [0.15, 0.2) is 0 Å². The number of carbonyl (C=O) groups is 2. The lowest BCUT2D eigenvalue weighted by Crippen LogP contribution is -2.48. The minimum Gasteiger partial charge on any atom is -0.399 e. The number of hydrogen-bond donors (Lipinski definition) is 2. The zero-order valence-electron chi connectivity index (χ0n) is 19.1. The molecule has 8 heteroatoms. The van der Waals surface area contributed by atoms with Crippen LogP contribution in [0.1, 0.15) is 38.3 Å². The summed E-state index contributed by atoms with van der Waals surface area (Å²) in [5.74, 6) is -0.500. The average molecular weight is 452 g/mol. The highest BCUT2D eigenvalue weighted by Crippen LogP contribution is 2.30. The highest BCUT2D eigenvalue weighted by Gasteiger charge is 2.34. The number of likely N-dealkylation sites (tertiary alicyclic amines) is 1. The van der Waals surface area contributed by atoms with Gasteiger partial charge >= 0.3 is 0 Å². The SMILES string of the molecule is CO/N=C1\C[C@@H](CO)N(C(=O)c2ccc(-c3cccc(C)c3C)c(C(=O)NC3COC3)c2)C1. The maximum absolute atomic E-state index is 13.4. The summed E-state index contributed by atoms with van der Waals surface area (Å²) in [7, 11) is 1.45. The van der Waals surface area contributed by atoms with E-state index in [1.54, 1.807) is 17.0 Å². The summed E-state index contributed by atoms with van der Waals surface area (Å²) in [5.41, 5.74) is 5.44. The molecule has 174 valence electrons. The molecule has 2 aliphatic heterocycles. The highest BCUT2D eigenvalue weighted by molar-refractivity contribution is 6.06. The molecule has 4 rings (SSSR count). The van der Waals surface area contributed by atoms with Crippen LogP contribution in [0.5, 0.6) is 0 Å². The second kappa shape index (κ2) is 9.72. The Kier molecular flexibility index (Phi) is 6.76. The molecule has 0 saturated carbocycles. The predicted molar refractivity (Wildman–Crippen MR) is 124 cm³/mol. The van der Waals surface area contributed by atoms with Gasteiger partial charge < -0.3 is 24.9 Å². The van der Waals surface area contributed by atoms with Gasteiger partial charge in [0.05, 0.1) is 44.2 Å². The van der Waals surface area contributed by atoms with Gasteiger partial charge in [-0.2, -0.15) is 0 Å². The summed E-state index contributed by atoms with van der Waals surface area (Å²) in [6, 6.07) is 10.8. The first kappa shape index (κ1) is 22.9. The van der Waals surface area contributed by atoms with Crippen molar-refractivity contribution >= 4 is 17.5 Å². The summed E-state index contributed by atoms with van der Waals surface area (Å²) >= 11 is 0. The molecule has 1 atom stereocenters. The summed E-state index contributed by atoms with van der Waals surface area (Å²) in [6.07, 6.45) is 0.450. The Bertz CT molecular complexity index is 1090. The van der Waals surface area contributed by atoms with E-state index in [9.17, 15) is 14.7 Å². The van der Waals surface area contributed by atoms with Gasteiger partial charge in [0.1, 0.15) is 7.11 Å². The van der Waals surface area contributed by atoms with E-state index >= 15 is 0 Å². The summed E-state index contributed by atoms with van der Waals surface area (Å²) in [6.45, 7) is 5.12. The number of ether oxygens (including phenoxy) is 1. The third-order valence-corrected chi connectivity index (χ3v) is 6.34. The van der Waals surface area contributed by atoms with Gasteiger partial charge in [0.25, 0.3) is 11.8 Å². The van der Waals surface area contributed by atoms with Crippen LogP contribution in [0, 0.1) is 13.8 Å². The van der Waals surface area contributed by atoms with E-state index in [4.69, 9.17) is 9.57 Å². The van der Waals surface area contributed by atoms with E-state index in [-0.39, 0.29) is 37.0 Å². The predicted octanol–water partition coefficient (Wildman–Crippen LogP) is 2.31. The van der Waals surface area contributed by atoms with Crippen molar-refractivity contribution in [3.8, 4) is 11.1 Å². The van der Waals surface area contributed by atoms with Gasteiger partial charge in [0.2, 0.25) is 0 Å². The largest absolute Gasteiger partial charge is 0.399 e. The second-order valence-electron chi connectivity index (χ2n) is 8.53. The molecule has 0 aromatic heterocycles. The zero-order valence-corrected chi connectivity index (χ0v) is 19.1. The van der Waals surface area contributed by atoms with E-state index in [1.165, 1.54) is 7.11 Å². The van der Waals surface area contributed by atoms with Crippen LogP contribution in [0.2, 0.25) is 0 Å². The molecule has 0 bridgehead atoms. The van der Waals surface area contributed by atoms with Gasteiger partial charge in [0, 0.05) is 17.5 Å². The summed E-state index contributed by atoms with van der Waals surface area (Å²) in [4.78, 5) is 33.0. The Balaban J connectivity index is 1.72. The number of benzene rings is 2. The second-order valence-corrected chi connectivity index (χ2v) is 8.53. The number of aliphatic hydroxyl groups excluding tert-OH is 1. The molecule has 2 heterocycles. The number of oxime groups is 1. The summed E-state index contributed by atoms with van der Waals surface area (Å²) in [5, 5.41) is 16.7. The van der Waals surface area contributed by atoms with Crippen LogP contribution in [-0.2, 0) is 9.57 Å². The molecule has 0 spiro atoms. The molecule has 2 aromatic rings. The number of nitrogens with zero attached hydrogens (tertiary/aromatic N) is 2. The number of hydrogen-bond acceptors (Lipinski definition) is 6. The van der Waals surface area contributed by atoms with E-state index in [0.717, 1.165) is 22.3 Å². The van der Waals surface area contributed by atoms with Crippen LogP contribution in [0.4, 0.5) is 0 Å². The lowest BCUT2D eigenvalue weighted by Gasteiger charge is -2.27. The number of carbonyl (C=O) groups excluding carboxylic acids is 2. The fraction of sp³-hybridized carbons (Fsp3) is 0.400. The number of rotatable bonds is 6. The number of amides is 2. The van der Waals surface area contributed by atoms with E-state index in [2.05, 4.69) is 10.5 Å². The van der Waals surface area contributed by atoms with Crippen LogP contribution in [0.25, 0.3) is 11.1 Å². The number of aliphatic hydroxyl groups is 1. The zero-order chi connectivity index (χ0) is 23.5. The van der Waals surface area contributed by atoms with Gasteiger partial charge in [-0.15, -0.1) is 0 Å². The van der Waals surface area contributed by atoms with Crippen molar-refractivity contribution in [3.05, 3.63) is 58.7 Å². The Morgan fingerprint density at radius 1 is 1.21 bits per heavy atom. The van der Waals surface area contributed by atoms with Crippen LogP contribution >= 0.6 is 0 Å². The molecule has 8 nitrogen and oxygen atoms in total. The average Bonchev–Trinajstić information content (AvgIpc) is 3.20. The van der Waals surface area contributed by atoms with Gasteiger partial charge in [-0.1, -0.05) is 29.4 Å². The first-order valence-electron chi connectivity index (χ1n) is 11.0. The smallest absolute Gasteiger partial charge is 0.254 e. The molecule has 2 amide bonds. The van der Waals surface area contributed by atoms with Crippen molar-refractivity contribution in [1.29, 1.82) is 0 Å². The fourth-order valence-corrected chi connectivity index (χ4v) is 4.26. The highest BCUT2D eigenvalue weighted by atomic mass is 16.6. The van der Waals surface area contributed by atoms with Crippen molar-refractivity contribution in [2.24, 2.45) is 5.16 Å². The third kappa shape index (κ3) is 4.62. The van der Waals surface area contributed by atoms with Crippen molar-refractivity contribution in [2.75, 3.05) is 33.5 Å². The Hall–Kier alpha value is -3.23. The van der Waals surface area contributed by atoms with Gasteiger partial charge in [-0.3, -0.25) is 9.59 Å². The van der Waals surface area contributed by atoms with Crippen molar-refractivity contribution in [2.45, 2.75) is 32.4 Å². The monoisotopic (exact) mass is 451 g/mol. The maximum Gasteiger partial charge on any atom is 0.254 e. The quantitative estimate of drug-likeness (QED) is 0.657. The molecule has 33 heavy (non-hydrogen) atoms. The van der Waals surface area contributed by atoms with Crippen molar-refractivity contribution in [1.82, 2.24) is 10.2 Å². The topological polar surface area (TPSA) is 100 Å². The first-order valence-corrected chi connectivity index (χ1v) is 11.0. The molecule has 2 saturated heterocycles. The maximum atomic E-state index is 13.4. The van der Waals surface area contributed by atoms with E-state index in [1.807, 2.05) is 38.1 Å². The van der Waals surface area contributed by atoms with Crippen LogP contribution < -0.4 is 5.32 Å². The summed E-state index contributed by atoms with van der Waals surface area (Å²) < 4.78 is 5.18. The molecular weight excluding hydrogens is 422 g/mol. The normalized spacial score (nSPS) is 19.5. The molecule has 0 radical (unpaired) electrons.